The average molecular weight is 607 g/mol. The van der Waals surface area contributed by atoms with Crippen LogP contribution in [0.2, 0.25) is 0 Å². The van der Waals surface area contributed by atoms with Gasteiger partial charge in [-0.3, -0.25) is 38.4 Å². The normalized spacial score (nSPS) is 18.2. The molecule has 1 aliphatic heterocycles. The molecule has 2 unspecified atom stereocenters. The van der Waals surface area contributed by atoms with Crippen LogP contribution in [0.25, 0.3) is 0 Å². The van der Waals surface area contributed by atoms with E-state index < -0.39 is 25.1 Å². The molecule has 1 saturated heterocycles. The van der Waals surface area contributed by atoms with E-state index in [4.69, 9.17) is 9.47 Å². The van der Waals surface area contributed by atoms with Gasteiger partial charge in [0, 0.05) is 71.3 Å². The number of carbonyl (C=O) groups excluding carboxylic acids is 3. The number of amides is 1. The van der Waals surface area contributed by atoms with Crippen molar-refractivity contribution in [1.29, 1.82) is 0 Å². The van der Waals surface area contributed by atoms with E-state index in [1.54, 1.807) is 4.90 Å². The highest BCUT2D eigenvalue weighted by Crippen LogP contribution is 2.49. The maximum atomic E-state index is 12.5. The maximum absolute atomic E-state index is 12.5. The Labute approximate surface area is 237 Å². The van der Waals surface area contributed by atoms with E-state index in [-0.39, 0.29) is 45.1 Å². The van der Waals surface area contributed by atoms with Gasteiger partial charge in [0.1, 0.15) is 6.73 Å². The Morgan fingerprint density at radius 3 is 2.44 bits per heavy atom. The highest BCUT2D eigenvalue weighted by atomic mass is 31.2. The SMILES string of the molecule is CC(O)(Cn1cnc(CCNC(=O)CCC(OC=O)N2CCN(COC=O)CCN(CC(=O)O)CC2)c1)P(=O)(O)O. The number of carbonyl (C=O) groups is 4. The first-order chi connectivity index (χ1) is 19.3. The van der Waals surface area contributed by atoms with Crippen LogP contribution in [0.15, 0.2) is 12.5 Å². The molecule has 0 bridgehead atoms. The highest BCUT2D eigenvalue weighted by Gasteiger charge is 2.40. The molecule has 1 amide bonds. The van der Waals surface area contributed by atoms with Gasteiger partial charge in [-0.1, -0.05) is 0 Å². The summed E-state index contributed by atoms with van der Waals surface area (Å²) in [6.07, 6.45) is 2.65. The molecule has 1 aromatic rings. The summed E-state index contributed by atoms with van der Waals surface area (Å²) in [4.78, 5) is 73.7. The Morgan fingerprint density at radius 1 is 1.15 bits per heavy atom. The molecule has 0 saturated carbocycles. The zero-order chi connectivity index (χ0) is 30.5. The maximum Gasteiger partial charge on any atom is 0.358 e. The number of aliphatic hydroxyl groups is 1. The summed E-state index contributed by atoms with van der Waals surface area (Å²) in [6.45, 7) is 3.93. The standard InChI is InChI=1S/C23H39N6O11P/c1-23(35,41(36,37)38)14-28-12-19(25-15-28)4-5-24-20(32)2-3-21(40-18-31)29-10-8-26(13-22(33)34)6-7-27(9-11-29)16-39-17-30/h12,15,17-18,21,35H,2-11,13-14,16H2,1H3,(H,24,32)(H,33,34)(H2,36,37,38). The second kappa shape index (κ2) is 16.5. The van der Waals surface area contributed by atoms with Crippen molar-refractivity contribution in [2.45, 2.75) is 44.3 Å². The first-order valence-corrected chi connectivity index (χ1v) is 14.6. The van der Waals surface area contributed by atoms with Crippen LogP contribution in [0.1, 0.15) is 25.5 Å². The molecular weight excluding hydrogens is 567 g/mol. The lowest BCUT2D eigenvalue weighted by molar-refractivity contribution is -0.146. The molecule has 1 aliphatic rings. The van der Waals surface area contributed by atoms with Crippen molar-refractivity contribution in [1.82, 2.24) is 29.6 Å². The summed E-state index contributed by atoms with van der Waals surface area (Å²) in [5.74, 6) is -1.28. The number of nitrogens with zero attached hydrogens (tertiary/aromatic N) is 5. The van der Waals surface area contributed by atoms with Gasteiger partial charge >= 0.3 is 13.6 Å². The number of ether oxygens (including phenoxy) is 2. The Balaban J connectivity index is 1.90. The zero-order valence-electron chi connectivity index (χ0n) is 22.9. The van der Waals surface area contributed by atoms with Gasteiger partial charge in [0.2, 0.25) is 5.91 Å². The monoisotopic (exact) mass is 606 g/mol. The topological polar surface area (TPSA) is 224 Å². The third-order valence-corrected chi connectivity index (χ3v) is 7.96. The second-order valence-electron chi connectivity index (χ2n) is 9.84. The van der Waals surface area contributed by atoms with Gasteiger partial charge in [0.05, 0.1) is 25.1 Å². The van der Waals surface area contributed by atoms with Crippen LogP contribution in [0.4, 0.5) is 0 Å². The quantitative estimate of drug-likeness (QED) is 0.0941. The summed E-state index contributed by atoms with van der Waals surface area (Å²) >= 11 is 0. The summed E-state index contributed by atoms with van der Waals surface area (Å²) in [7, 11) is -4.75. The summed E-state index contributed by atoms with van der Waals surface area (Å²) in [5, 5.41) is 19.7. The van der Waals surface area contributed by atoms with Crippen molar-refractivity contribution in [2.75, 3.05) is 59.1 Å². The smallest absolute Gasteiger partial charge is 0.358 e. The van der Waals surface area contributed by atoms with Crippen LogP contribution in [-0.2, 0) is 46.2 Å². The fourth-order valence-electron chi connectivity index (χ4n) is 4.19. The Hall–Kier alpha value is -2.92. The van der Waals surface area contributed by atoms with Crippen molar-refractivity contribution in [3.63, 3.8) is 0 Å². The van der Waals surface area contributed by atoms with E-state index in [9.17, 15) is 43.7 Å². The number of hydrogen-bond donors (Lipinski definition) is 5. The van der Waals surface area contributed by atoms with Gasteiger partial charge in [-0.25, -0.2) is 4.98 Å². The number of carboxylic acid groups (broad SMARTS) is 1. The first kappa shape index (κ1) is 34.3. The molecule has 232 valence electrons. The largest absolute Gasteiger partial charge is 0.480 e. The average Bonchev–Trinajstić information content (AvgIpc) is 3.35. The molecule has 2 atom stereocenters. The van der Waals surface area contributed by atoms with E-state index in [0.29, 0.717) is 64.3 Å². The molecule has 0 aromatic carbocycles. The van der Waals surface area contributed by atoms with Gasteiger partial charge in [-0.05, 0) is 6.92 Å². The van der Waals surface area contributed by atoms with Crippen LogP contribution >= 0.6 is 7.60 Å². The van der Waals surface area contributed by atoms with Gasteiger partial charge in [0.25, 0.3) is 12.9 Å². The molecule has 1 aromatic heterocycles. The Kier molecular flexibility index (Phi) is 13.8. The number of carboxylic acids is 1. The van der Waals surface area contributed by atoms with E-state index in [2.05, 4.69) is 10.3 Å². The molecule has 0 spiro atoms. The summed E-state index contributed by atoms with van der Waals surface area (Å²) in [5.41, 5.74) is 0.541. The molecule has 41 heavy (non-hydrogen) atoms. The fraction of sp³-hybridized carbons (Fsp3) is 0.696. The van der Waals surface area contributed by atoms with E-state index in [1.165, 1.54) is 17.1 Å². The Bertz CT molecular complexity index is 1050. The van der Waals surface area contributed by atoms with Crippen molar-refractivity contribution < 1.29 is 53.2 Å². The van der Waals surface area contributed by atoms with Crippen LogP contribution in [0.5, 0.6) is 0 Å². The number of aliphatic carboxylic acids is 1. The van der Waals surface area contributed by atoms with Crippen molar-refractivity contribution in [3.05, 3.63) is 18.2 Å². The molecule has 1 fully saturated rings. The van der Waals surface area contributed by atoms with Crippen LogP contribution in [-0.4, -0.2) is 140 Å². The van der Waals surface area contributed by atoms with Crippen LogP contribution < -0.4 is 5.32 Å². The van der Waals surface area contributed by atoms with Crippen LogP contribution in [0, 0.1) is 0 Å². The second-order valence-corrected chi connectivity index (χ2v) is 11.9. The van der Waals surface area contributed by atoms with E-state index in [0.717, 1.165) is 6.92 Å². The third-order valence-electron chi connectivity index (χ3n) is 6.56. The van der Waals surface area contributed by atoms with Gasteiger partial charge in [0.15, 0.2) is 11.6 Å². The number of imidazole rings is 1. The lowest BCUT2D eigenvalue weighted by Gasteiger charge is -2.31. The molecule has 0 aliphatic carbocycles. The minimum Gasteiger partial charge on any atom is -0.480 e. The van der Waals surface area contributed by atoms with Gasteiger partial charge < -0.3 is 39.4 Å². The minimum absolute atomic E-state index is 0.0289. The molecular formula is C23H39N6O11P. The lowest BCUT2D eigenvalue weighted by Crippen LogP contribution is -2.45. The molecule has 5 N–H and O–H groups in total. The summed E-state index contributed by atoms with van der Waals surface area (Å²) < 4.78 is 22.9. The molecule has 17 nitrogen and oxygen atoms in total. The van der Waals surface area contributed by atoms with Crippen molar-refractivity contribution in [3.8, 4) is 0 Å². The predicted octanol–water partition coefficient (Wildman–Crippen LogP) is -2.16. The molecule has 18 heteroatoms. The zero-order valence-corrected chi connectivity index (χ0v) is 23.8. The highest BCUT2D eigenvalue weighted by molar-refractivity contribution is 7.53. The third kappa shape index (κ3) is 12.2. The fourth-order valence-corrected chi connectivity index (χ4v) is 4.54. The lowest BCUT2D eigenvalue weighted by atomic mass is 10.2. The van der Waals surface area contributed by atoms with Gasteiger partial charge in [-0.2, -0.15) is 0 Å². The minimum atomic E-state index is -4.75. The number of nitrogens with one attached hydrogen (secondary N) is 1. The Morgan fingerprint density at radius 2 is 1.80 bits per heavy atom. The molecule has 0 radical (unpaired) electrons. The number of hydrogen-bond acceptors (Lipinski definition) is 12. The number of rotatable bonds is 17. The summed E-state index contributed by atoms with van der Waals surface area (Å²) in [6, 6.07) is 0. The number of aromatic nitrogens is 2. The first-order valence-electron chi connectivity index (χ1n) is 12.9. The molecule has 2 rings (SSSR count). The van der Waals surface area contributed by atoms with Crippen molar-refractivity contribution >= 4 is 32.4 Å². The van der Waals surface area contributed by atoms with E-state index >= 15 is 0 Å². The van der Waals surface area contributed by atoms with Crippen molar-refractivity contribution in [2.24, 2.45) is 0 Å². The molecule has 2 heterocycles. The van der Waals surface area contributed by atoms with E-state index in [1.807, 2.05) is 9.80 Å². The predicted molar refractivity (Wildman–Crippen MR) is 141 cm³/mol. The van der Waals surface area contributed by atoms with Crippen LogP contribution in [0.3, 0.4) is 0 Å². The van der Waals surface area contributed by atoms with Gasteiger partial charge in [-0.15, -0.1) is 0 Å².